The van der Waals surface area contributed by atoms with Crippen molar-refractivity contribution in [2.24, 2.45) is 11.7 Å². The molecule has 3 N–H and O–H groups in total. The van der Waals surface area contributed by atoms with Gasteiger partial charge in [0, 0.05) is 24.5 Å². The zero-order valence-corrected chi connectivity index (χ0v) is 10.1. The number of pyridine rings is 1. The smallest absolute Gasteiger partial charge is 0.252 e. The van der Waals surface area contributed by atoms with Crippen LogP contribution in [0, 0.1) is 12.8 Å². The first kappa shape index (κ1) is 12.0. The van der Waals surface area contributed by atoms with Crippen molar-refractivity contribution >= 4 is 5.91 Å². The van der Waals surface area contributed by atoms with E-state index in [-0.39, 0.29) is 5.91 Å². The Morgan fingerprint density at radius 2 is 2.35 bits per heavy atom. The molecular formula is C13H19N3O. The SMILES string of the molecule is Cc1ccc(C(=O)NCC2CCC(N)C2)cn1. The Morgan fingerprint density at radius 1 is 1.53 bits per heavy atom. The number of nitrogens with zero attached hydrogens (tertiary/aromatic N) is 1. The van der Waals surface area contributed by atoms with Crippen LogP contribution >= 0.6 is 0 Å². The molecule has 0 saturated heterocycles. The highest BCUT2D eigenvalue weighted by molar-refractivity contribution is 5.93. The zero-order chi connectivity index (χ0) is 12.3. The van der Waals surface area contributed by atoms with E-state index in [9.17, 15) is 4.79 Å². The highest BCUT2D eigenvalue weighted by Gasteiger charge is 2.22. The molecule has 4 nitrogen and oxygen atoms in total. The van der Waals surface area contributed by atoms with Gasteiger partial charge in [-0.15, -0.1) is 0 Å². The monoisotopic (exact) mass is 233 g/mol. The van der Waals surface area contributed by atoms with E-state index in [2.05, 4.69) is 10.3 Å². The quantitative estimate of drug-likeness (QED) is 0.825. The molecule has 2 rings (SSSR count). The standard InChI is InChI=1S/C13H19N3O/c1-9-2-4-11(8-15-9)13(17)16-7-10-3-5-12(14)6-10/h2,4,8,10,12H,3,5-7,14H2,1H3,(H,16,17). The fraction of sp³-hybridized carbons (Fsp3) is 0.538. The number of hydrogen-bond donors (Lipinski definition) is 2. The van der Waals surface area contributed by atoms with Crippen LogP contribution in [0.5, 0.6) is 0 Å². The van der Waals surface area contributed by atoms with Crippen molar-refractivity contribution in [3.05, 3.63) is 29.6 Å². The number of nitrogens with two attached hydrogens (primary N) is 1. The third-order valence-corrected chi connectivity index (χ3v) is 3.31. The van der Waals surface area contributed by atoms with Crippen LogP contribution in [0.2, 0.25) is 0 Å². The lowest BCUT2D eigenvalue weighted by Crippen LogP contribution is -2.29. The first-order valence-corrected chi connectivity index (χ1v) is 6.11. The van der Waals surface area contributed by atoms with Crippen LogP contribution in [0.15, 0.2) is 18.3 Å². The average molecular weight is 233 g/mol. The van der Waals surface area contributed by atoms with E-state index in [1.54, 1.807) is 12.3 Å². The van der Waals surface area contributed by atoms with E-state index < -0.39 is 0 Å². The van der Waals surface area contributed by atoms with Crippen molar-refractivity contribution in [1.29, 1.82) is 0 Å². The van der Waals surface area contributed by atoms with Crippen molar-refractivity contribution < 1.29 is 4.79 Å². The number of carbonyl (C=O) groups excluding carboxylic acids is 1. The van der Waals surface area contributed by atoms with Crippen LogP contribution in [0.3, 0.4) is 0 Å². The normalized spacial score (nSPS) is 23.6. The van der Waals surface area contributed by atoms with Gasteiger partial charge in [-0.2, -0.15) is 0 Å². The van der Waals surface area contributed by atoms with Crippen molar-refractivity contribution in [2.45, 2.75) is 32.2 Å². The van der Waals surface area contributed by atoms with Crippen LogP contribution in [-0.2, 0) is 0 Å². The molecule has 0 radical (unpaired) electrons. The fourth-order valence-corrected chi connectivity index (χ4v) is 2.24. The summed E-state index contributed by atoms with van der Waals surface area (Å²) in [6.07, 6.45) is 4.83. The minimum Gasteiger partial charge on any atom is -0.352 e. The van der Waals surface area contributed by atoms with Gasteiger partial charge in [-0.3, -0.25) is 9.78 Å². The summed E-state index contributed by atoms with van der Waals surface area (Å²) in [7, 11) is 0. The molecule has 0 aromatic carbocycles. The van der Waals surface area contributed by atoms with Gasteiger partial charge in [0.05, 0.1) is 5.56 Å². The summed E-state index contributed by atoms with van der Waals surface area (Å²) in [4.78, 5) is 15.9. The Kier molecular flexibility index (Phi) is 3.74. The molecule has 4 heteroatoms. The zero-order valence-electron chi connectivity index (χ0n) is 10.1. The molecule has 1 saturated carbocycles. The lowest BCUT2D eigenvalue weighted by molar-refractivity contribution is 0.0947. The lowest BCUT2D eigenvalue weighted by atomic mass is 10.1. The van der Waals surface area contributed by atoms with Crippen molar-refractivity contribution in [2.75, 3.05) is 6.54 Å². The van der Waals surface area contributed by atoms with Crippen molar-refractivity contribution in [3.8, 4) is 0 Å². The van der Waals surface area contributed by atoms with Crippen molar-refractivity contribution in [3.63, 3.8) is 0 Å². The number of amides is 1. The minimum atomic E-state index is -0.0435. The molecule has 1 aromatic rings. The number of aryl methyl sites for hydroxylation is 1. The average Bonchev–Trinajstić information content (AvgIpc) is 2.73. The Hall–Kier alpha value is -1.42. The molecule has 17 heavy (non-hydrogen) atoms. The van der Waals surface area contributed by atoms with Gasteiger partial charge >= 0.3 is 0 Å². The molecule has 2 unspecified atom stereocenters. The summed E-state index contributed by atoms with van der Waals surface area (Å²) in [6.45, 7) is 2.63. The summed E-state index contributed by atoms with van der Waals surface area (Å²) in [5.41, 5.74) is 7.38. The number of carbonyl (C=O) groups is 1. The van der Waals surface area contributed by atoms with E-state index in [1.165, 1.54) is 0 Å². The summed E-state index contributed by atoms with van der Waals surface area (Å²) >= 11 is 0. The van der Waals surface area contributed by atoms with Gasteiger partial charge in [0.25, 0.3) is 5.91 Å². The van der Waals surface area contributed by atoms with Gasteiger partial charge in [0.2, 0.25) is 0 Å². The van der Waals surface area contributed by atoms with E-state index >= 15 is 0 Å². The van der Waals surface area contributed by atoms with Crippen LogP contribution in [0.1, 0.15) is 35.3 Å². The maximum Gasteiger partial charge on any atom is 0.252 e. The third-order valence-electron chi connectivity index (χ3n) is 3.31. The molecule has 1 amide bonds. The second-order valence-corrected chi connectivity index (χ2v) is 4.84. The van der Waals surface area contributed by atoms with Gasteiger partial charge in [-0.05, 0) is 44.2 Å². The second kappa shape index (κ2) is 5.27. The molecule has 2 atom stereocenters. The van der Waals surface area contributed by atoms with Gasteiger partial charge in [-0.25, -0.2) is 0 Å². The maximum absolute atomic E-state index is 11.8. The van der Waals surface area contributed by atoms with E-state index in [0.717, 1.165) is 31.5 Å². The molecule has 92 valence electrons. The molecule has 1 aliphatic rings. The van der Waals surface area contributed by atoms with Crippen LogP contribution in [0.4, 0.5) is 0 Å². The molecule has 0 aliphatic heterocycles. The van der Waals surface area contributed by atoms with E-state index in [1.807, 2.05) is 13.0 Å². The largest absolute Gasteiger partial charge is 0.352 e. The minimum absolute atomic E-state index is 0.0435. The summed E-state index contributed by atoms with van der Waals surface area (Å²) < 4.78 is 0. The summed E-state index contributed by atoms with van der Waals surface area (Å²) in [6, 6.07) is 3.97. The Labute approximate surface area is 102 Å². The molecule has 0 bridgehead atoms. The number of nitrogens with one attached hydrogen (secondary N) is 1. The number of rotatable bonds is 3. The van der Waals surface area contributed by atoms with Crippen LogP contribution in [0.25, 0.3) is 0 Å². The number of aromatic nitrogens is 1. The topological polar surface area (TPSA) is 68.0 Å². The van der Waals surface area contributed by atoms with E-state index in [0.29, 0.717) is 17.5 Å². The predicted octanol–water partition coefficient (Wildman–Crippen LogP) is 1.25. The Morgan fingerprint density at radius 3 is 2.94 bits per heavy atom. The predicted molar refractivity (Wildman–Crippen MR) is 66.6 cm³/mol. The molecule has 1 heterocycles. The highest BCUT2D eigenvalue weighted by Crippen LogP contribution is 2.23. The molecule has 1 fully saturated rings. The third kappa shape index (κ3) is 3.27. The fourth-order valence-electron chi connectivity index (χ4n) is 2.24. The highest BCUT2D eigenvalue weighted by atomic mass is 16.1. The van der Waals surface area contributed by atoms with Gasteiger partial charge in [0.1, 0.15) is 0 Å². The van der Waals surface area contributed by atoms with Crippen LogP contribution in [-0.4, -0.2) is 23.5 Å². The molecule has 0 spiro atoms. The van der Waals surface area contributed by atoms with Crippen LogP contribution < -0.4 is 11.1 Å². The van der Waals surface area contributed by atoms with Gasteiger partial charge < -0.3 is 11.1 Å². The summed E-state index contributed by atoms with van der Waals surface area (Å²) in [5, 5.41) is 2.95. The summed E-state index contributed by atoms with van der Waals surface area (Å²) in [5.74, 6) is 0.491. The van der Waals surface area contributed by atoms with Gasteiger partial charge in [0.15, 0.2) is 0 Å². The van der Waals surface area contributed by atoms with Gasteiger partial charge in [-0.1, -0.05) is 0 Å². The van der Waals surface area contributed by atoms with E-state index in [4.69, 9.17) is 5.73 Å². The first-order chi connectivity index (χ1) is 8.15. The molecular weight excluding hydrogens is 214 g/mol. The Balaban J connectivity index is 1.83. The lowest BCUT2D eigenvalue weighted by Gasteiger charge is -2.10. The van der Waals surface area contributed by atoms with Crippen molar-refractivity contribution in [1.82, 2.24) is 10.3 Å². The molecule has 1 aromatic heterocycles. The maximum atomic E-state index is 11.8. The Bertz CT molecular complexity index is 388. The second-order valence-electron chi connectivity index (χ2n) is 4.84. The number of hydrogen-bond acceptors (Lipinski definition) is 3. The first-order valence-electron chi connectivity index (χ1n) is 6.11. The molecule has 1 aliphatic carbocycles.